The third-order valence-electron chi connectivity index (χ3n) is 7.27. The van der Waals surface area contributed by atoms with Crippen LogP contribution in [0.1, 0.15) is 17.0 Å². The third-order valence-corrected chi connectivity index (χ3v) is 7.27. The Balaban J connectivity index is 1.34. The van der Waals surface area contributed by atoms with Gasteiger partial charge >= 0.3 is 0 Å². The second-order valence-corrected chi connectivity index (χ2v) is 9.69. The largest absolute Gasteiger partial charge is 0.508 e. The van der Waals surface area contributed by atoms with Gasteiger partial charge in [-0.3, -0.25) is 0 Å². The van der Waals surface area contributed by atoms with Crippen molar-refractivity contribution in [3.05, 3.63) is 114 Å². The Kier molecular flexibility index (Phi) is 6.93. The van der Waals surface area contributed by atoms with Crippen LogP contribution in [0.2, 0.25) is 0 Å². The van der Waals surface area contributed by atoms with Gasteiger partial charge in [0.25, 0.3) is 0 Å². The molecular weight excluding hydrogens is 500 g/mol. The standard InChI is InChI=1S/C33H30N4O3/c1-39-30-16-7-22(19-31(30)40-2)17-18-37-32(20-26-21-34-29-6-4-3-5-28(26)29)35-36-33(37)25-10-8-23(9-11-25)24-12-14-27(38)15-13-24/h3-16,19,21,34,38H,17-18,20H2,1-2H3. The van der Waals surface area contributed by atoms with Crippen LogP contribution < -0.4 is 9.47 Å². The van der Waals surface area contributed by atoms with E-state index in [9.17, 15) is 5.11 Å². The van der Waals surface area contributed by atoms with Crippen molar-refractivity contribution < 1.29 is 14.6 Å². The molecule has 0 aliphatic carbocycles. The van der Waals surface area contributed by atoms with E-state index in [1.54, 1.807) is 26.4 Å². The van der Waals surface area contributed by atoms with E-state index in [-0.39, 0.29) is 5.75 Å². The number of nitrogens with one attached hydrogen (secondary N) is 1. The summed E-state index contributed by atoms with van der Waals surface area (Å²) < 4.78 is 13.2. The molecule has 0 aliphatic heterocycles. The van der Waals surface area contributed by atoms with E-state index < -0.39 is 0 Å². The molecule has 0 radical (unpaired) electrons. The zero-order valence-electron chi connectivity index (χ0n) is 22.5. The Hall–Kier alpha value is -5.04. The molecule has 0 saturated heterocycles. The lowest BCUT2D eigenvalue weighted by molar-refractivity contribution is 0.354. The van der Waals surface area contributed by atoms with Crippen molar-refractivity contribution in [1.29, 1.82) is 0 Å². The number of aryl methyl sites for hydroxylation is 1. The minimum atomic E-state index is 0.255. The molecule has 7 nitrogen and oxygen atoms in total. The summed E-state index contributed by atoms with van der Waals surface area (Å²) in [5, 5.41) is 20.2. The molecule has 2 heterocycles. The van der Waals surface area contributed by atoms with Crippen molar-refractivity contribution in [3.63, 3.8) is 0 Å². The number of rotatable bonds is 9. The number of aromatic amines is 1. The molecule has 0 amide bonds. The van der Waals surface area contributed by atoms with Gasteiger partial charge in [0.1, 0.15) is 11.6 Å². The molecule has 2 aromatic heterocycles. The molecule has 0 unspecified atom stereocenters. The average Bonchev–Trinajstić information content (AvgIpc) is 3.60. The second-order valence-electron chi connectivity index (χ2n) is 9.69. The molecule has 0 aliphatic rings. The van der Waals surface area contributed by atoms with Crippen LogP contribution in [0.5, 0.6) is 17.2 Å². The lowest BCUT2D eigenvalue weighted by Gasteiger charge is -2.13. The summed E-state index contributed by atoms with van der Waals surface area (Å²) in [6, 6.07) is 29.9. The number of ether oxygens (including phenoxy) is 2. The molecule has 2 N–H and O–H groups in total. The number of phenols is 1. The van der Waals surface area contributed by atoms with Crippen LogP contribution in [-0.2, 0) is 19.4 Å². The molecule has 0 bridgehead atoms. The summed E-state index contributed by atoms with van der Waals surface area (Å²) in [6.45, 7) is 0.704. The highest BCUT2D eigenvalue weighted by Gasteiger charge is 2.17. The van der Waals surface area contributed by atoms with Gasteiger partial charge in [-0.25, -0.2) is 0 Å². The first-order valence-electron chi connectivity index (χ1n) is 13.2. The minimum absolute atomic E-state index is 0.255. The number of hydrogen-bond donors (Lipinski definition) is 2. The van der Waals surface area contributed by atoms with Crippen molar-refractivity contribution in [2.24, 2.45) is 0 Å². The van der Waals surface area contributed by atoms with Crippen molar-refractivity contribution in [2.45, 2.75) is 19.4 Å². The fourth-order valence-corrected chi connectivity index (χ4v) is 5.11. The van der Waals surface area contributed by atoms with Gasteiger partial charge in [-0.2, -0.15) is 0 Å². The van der Waals surface area contributed by atoms with Gasteiger partial charge in [0, 0.05) is 35.6 Å². The van der Waals surface area contributed by atoms with E-state index in [2.05, 4.69) is 74.5 Å². The van der Waals surface area contributed by atoms with Crippen molar-refractivity contribution in [3.8, 4) is 39.8 Å². The van der Waals surface area contributed by atoms with Crippen LogP contribution in [-0.4, -0.2) is 39.1 Å². The van der Waals surface area contributed by atoms with E-state index in [1.165, 1.54) is 10.9 Å². The van der Waals surface area contributed by atoms with Gasteiger partial charge in [-0.05, 0) is 59.0 Å². The van der Waals surface area contributed by atoms with Gasteiger partial charge in [0.15, 0.2) is 17.3 Å². The summed E-state index contributed by atoms with van der Waals surface area (Å²) in [6.07, 6.45) is 3.50. The molecular formula is C33H30N4O3. The zero-order chi connectivity index (χ0) is 27.5. The Morgan fingerprint density at radius 3 is 2.23 bits per heavy atom. The maximum atomic E-state index is 9.63. The van der Waals surface area contributed by atoms with Crippen molar-refractivity contribution in [2.75, 3.05) is 14.2 Å². The van der Waals surface area contributed by atoms with Gasteiger partial charge in [0.2, 0.25) is 0 Å². The lowest BCUT2D eigenvalue weighted by atomic mass is 10.0. The van der Waals surface area contributed by atoms with Crippen LogP contribution in [0.15, 0.2) is 97.2 Å². The molecule has 6 rings (SSSR count). The molecule has 200 valence electrons. The van der Waals surface area contributed by atoms with Gasteiger partial charge < -0.3 is 24.1 Å². The van der Waals surface area contributed by atoms with Crippen molar-refractivity contribution >= 4 is 10.9 Å². The fraction of sp³-hybridized carbons (Fsp3) is 0.152. The quantitative estimate of drug-likeness (QED) is 0.219. The number of phenolic OH excluding ortho intramolecular Hbond substituents is 1. The average molecular weight is 531 g/mol. The molecule has 0 saturated carbocycles. The second kappa shape index (κ2) is 11.0. The number of hydrogen-bond acceptors (Lipinski definition) is 5. The van der Waals surface area contributed by atoms with Gasteiger partial charge in [-0.15, -0.1) is 10.2 Å². The lowest BCUT2D eigenvalue weighted by Crippen LogP contribution is -2.09. The van der Waals surface area contributed by atoms with E-state index in [0.29, 0.717) is 24.5 Å². The number of fused-ring (bicyclic) bond motifs is 1. The molecule has 0 atom stereocenters. The summed E-state index contributed by atoms with van der Waals surface area (Å²) in [5.74, 6) is 3.42. The Morgan fingerprint density at radius 2 is 1.48 bits per heavy atom. The SMILES string of the molecule is COc1ccc(CCn2c(Cc3c[nH]c4ccccc34)nnc2-c2ccc(-c3ccc(O)cc3)cc2)cc1OC. The number of para-hydroxylation sites is 1. The van der Waals surface area contributed by atoms with Crippen LogP contribution in [0.25, 0.3) is 33.4 Å². The first-order valence-corrected chi connectivity index (χ1v) is 13.2. The smallest absolute Gasteiger partial charge is 0.163 e. The van der Waals surface area contributed by atoms with E-state index >= 15 is 0 Å². The summed E-state index contributed by atoms with van der Waals surface area (Å²) >= 11 is 0. The topological polar surface area (TPSA) is 85.2 Å². The first kappa shape index (κ1) is 25.2. The highest BCUT2D eigenvalue weighted by Crippen LogP contribution is 2.30. The maximum Gasteiger partial charge on any atom is 0.163 e. The van der Waals surface area contributed by atoms with Crippen LogP contribution in [0.3, 0.4) is 0 Å². The zero-order valence-corrected chi connectivity index (χ0v) is 22.5. The Bertz CT molecular complexity index is 1750. The Morgan fingerprint density at radius 1 is 0.775 bits per heavy atom. The third kappa shape index (κ3) is 5.01. The molecule has 6 aromatic rings. The molecule has 4 aromatic carbocycles. The monoisotopic (exact) mass is 530 g/mol. The Labute approximate surface area is 232 Å². The number of nitrogens with zero attached hydrogens (tertiary/aromatic N) is 3. The van der Waals surface area contributed by atoms with Gasteiger partial charge in [0.05, 0.1) is 14.2 Å². The molecule has 0 spiro atoms. The van der Waals surface area contributed by atoms with Crippen LogP contribution in [0, 0.1) is 0 Å². The van der Waals surface area contributed by atoms with Crippen molar-refractivity contribution in [1.82, 2.24) is 19.7 Å². The van der Waals surface area contributed by atoms with Crippen LogP contribution in [0.4, 0.5) is 0 Å². The minimum Gasteiger partial charge on any atom is -0.508 e. The molecule has 7 heteroatoms. The fourth-order valence-electron chi connectivity index (χ4n) is 5.11. The number of benzene rings is 4. The normalized spacial score (nSPS) is 11.2. The summed E-state index contributed by atoms with van der Waals surface area (Å²) in [7, 11) is 3.30. The predicted octanol–water partition coefficient (Wildman–Crippen LogP) is 6.65. The first-order chi connectivity index (χ1) is 19.6. The number of methoxy groups -OCH3 is 2. The van der Waals surface area contributed by atoms with E-state index in [0.717, 1.165) is 45.8 Å². The van der Waals surface area contributed by atoms with Gasteiger partial charge in [-0.1, -0.05) is 60.7 Å². The van der Waals surface area contributed by atoms with E-state index in [1.807, 2.05) is 30.3 Å². The number of aromatic nitrogens is 4. The van der Waals surface area contributed by atoms with Crippen LogP contribution >= 0.6 is 0 Å². The van der Waals surface area contributed by atoms with E-state index in [4.69, 9.17) is 9.47 Å². The maximum absolute atomic E-state index is 9.63. The number of aromatic hydroxyl groups is 1. The highest BCUT2D eigenvalue weighted by atomic mass is 16.5. The molecule has 0 fully saturated rings. The molecule has 40 heavy (non-hydrogen) atoms. The summed E-state index contributed by atoms with van der Waals surface area (Å²) in [5.41, 5.74) is 6.53. The highest BCUT2D eigenvalue weighted by molar-refractivity contribution is 5.83. The predicted molar refractivity (Wildman–Crippen MR) is 157 cm³/mol. The summed E-state index contributed by atoms with van der Waals surface area (Å²) in [4.78, 5) is 3.37. The number of H-pyrrole nitrogens is 1.